The van der Waals surface area contributed by atoms with E-state index in [0.29, 0.717) is 5.56 Å². The maximum Gasteiger partial charge on any atom is 0.251 e. The molecule has 180 valence electrons. The molecule has 1 atom stereocenters. The number of aromatic nitrogens is 2. The summed E-state index contributed by atoms with van der Waals surface area (Å²) in [5.41, 5.74) is 5.70. The summed E-state index contributed by atoms with van der Waals surface area (Å²) >= 11 is 0. The zero-order valence-electron chi connectivity index (χ0n) is 20.2. The molecule has 0 aliphatic carbocycles. The van der Waals surface area contributed by atoms with Gasteiger partial charge in [0.25, 0.3) is 5.91 Å². The Morgan fingerprint density at radius 1 is 1.06 bits per heavy atom. The van der Waals surface area contributed by atoms with Crippen LogP contribution < -0.4 is 15.4 Å². The zero-order chi connectivity index (χ0) is 24.2. The maximum absolute atomic E-state index is 13.4. The van der Waals surface area contributed by atoms with Crippen LogP contribution in [0.1, 0.15) is 27.7 Å². The third-order valence-electron chi connectivity index (χ3n) is 6.66. The molecule has 1 aliphatic heterocycles. The highest BCUT2D eigenvalue weighted by molar-refractivity contribution is 5.96. The first kappa shape index (κ1) is 23.1. The molecule has 4 aromatic rings. The SMILES string of the molecule is COc1cccc(C(CN2CCNCC2)NC(=O)c2cccc(-c3ccc4[nH]nc(C)c4c3)c2)c1. The van der Waals surface area contributed by atoms with Gasteiger partial charge in [0.2, 0.25) is 0 Å². The minimum atomic E-state index is -0.149. The van der Waals surface area contributed by atoms with Crippen LogP contribution in [0.25, 0.3) is 22.0 Å². The number of aryl methyl sites for hydroxylation is 1. The number of piperazine rings is 1. The highest BCUT2D eigenvalue weighted by Crippen LogP contribution is 2.26. The summed E-state index contributed by atoms with van der Waals surface area (Å²) in [4.78, 5) is 15.8. The monoisotopic (exact) mass is 469 g/mol. The van der Waals surface area contributed by atoms with E-state index in [2.05, 4.69) is 43.9 Å². The molecule has 7 nitrogen and oxygen atoms in total. The quantitative estimate of drug-likeness (QED) is 0.382. The van der Waals surface area contributed by atoms with Crippen molar-refractivity contribution in [1.82, 2.24) is 25.7 Å². The third kappa shape index (κ3) is 5.21. The number of fused-ring (bicyclic) bond motifs is 1. The predicted octanol–water partition coefficient (Wildman–Crippen LogP) is 3.92. The summed E-state index contributed by atoms with van der Waals surface area (Å²) in [5.74, 6) is 0.698. The fourth-order valence-electron chi connectivity index (χ4n) is 4.65. The predicted molar refractivity (Wildman–Crippen MR) is 139 cm³/mol. The van der Waals surface area contributed by atoms with Crippen molar-refractivity contribution in [2.45, 2.75) is 13.0 Å². The summed E-state index contributed by atoms with van der Waals surface area (Å²) in [6, 6.07) is 21.8. The minimum Gasteiger partial charge on any atom is -0.497 e. The first-order valence-electron chi connectivity index (χ1n) is 12.0. The smallest absolute Gasteiger partial charge is 0.251 e. The Labute approximate surface area is 205 Å². The van der Waals surface area contributed by atoms with Crippen molar-refractivity contribution in [3.05, 3.63) is 83.6 Å². The number of methoxy groups -OCH3 is 1. The summed E-state index contributed by atoms with van der Waals surface area (Å²) in [7, 11) is 1.66. The van der Waals surface area contributed by atoms with E-state index < -0.39 is 0 Å². The summed E-state index contributed by atoms with van der Waals surface area (Å²) in [5, 5.41) is 15.1. The number of carbonyl (C=O) groups is 1. The average Bonchev–Trinajstić information content (AvgIpc) is 3.29. The van der Waals surface area contributed by atoms with Crippen molar-refractivity contribution in [2.24, 2.45) is 0 Å². The molecule has 1 saturated heterocycles. The molecule has 3 aromatic carbocycles. The second-order valence-corrected chi connectivity index (χ2v) is 9.00. The first-order chi connectivity index (χ1) is 17.1. The Kier molecular flexibility index (Phi) is 6.79. The zero-order valence-corrected chi connectivity index (χ0v) is 20.2. The van der Waals surface area contributed by atoms with Gasteiger partial charge < -0.3 is 15.4 Å². The van der Waals surface area contributed by atoms with Gasteiger partial charge in [0.1, 0.15) is 5.75 Å². The molecule has 2 heterocycles. The van der Waals surface area contributed by atoms with Gasteiger partial charge in [-0.2, -0.15) is 5.10 Å². The van der Waals surface area contributed by atoms with E-state index in [1.54, 1.807) is 7.11 Å². The van der Waals surface area contributed by atoms with Crippen molar-refractivity contribution in [2.75, 3.05) is 39.8 Å². The van der Waals surface area contributed by atoms with Crippen molar-refractivity contribution >= 4 is 16.8 Å². The van der Waals surface area contributed by atoms with Crippen molar-refractivity contribution in [3.8, 4) is 16.9 Å². The number of nitrogens with one attached hydrogen (secondary N) is 3. The van der Waals surface area contributed by atoms with Crippen LogP contribution in [0.2, 0.25) is 0 Å². The number of carbonyl (C=O) groups excluding carboxylic acids is 1. The van der Waals surface area contributed by atoms with E-state index in [4.69, 9.17) is 4.74 Å². The lowest BCUT2D eigenvalue weighted by Gasteiger charge is -2.31. The van der Waals surface area contributed by atoms with Crippen LogP contribution >= 0.6 is 0 Å². The number of H-pyrrole nitrogens is 1. The van der Waals surface area contributed by atoms with Crippen LogP contribution in [-0.2, 0) is 0 Å². The molecular formula is C28H31N5O2. The minimum absolute atomic E-state index is 0.0876. The lowest BCUT2D eigenvalue weighted by atomic mass is 10.00. The number of ether oxygens (including phenoxy) is 1. The standard InChI is InChI=1S/C28H31N5O2/c1-19-25-17-21(9-10-26(25)32-31-19)20-5-3-7-23(15-20)28(34)30-27(18-33-13-11-29-12-14-33)22-6-4-8-24(16-22)35-2/h3-10,15-17,27,29H,11-14,18H2,1-2H3,(H,30,34)(H,31,32). The topological polar surface area (TPSA) is 82.3 Å². The molecular weight excluding hydrogens is 438 g/mol. The average molecular weight is 470 g/mol. The van der Waals surface area contributed by atoms with E-state index in [1.807, 2.05) is 55.5 Å². The molecule has 1 aliphatic rings. The van der Waals surface area contributed by atoms with Gasteiger partial charge in [-0.1, -0.05) is 30.3 Å². The first-order valence-corrected chi connectivity index (χ1v) is 12.0. The number of aromatic amines is 1. The van der Waals surface area contributed by atoms with Gasteiger partial charge in [-0.15, -0.1) is 0 Å². The van der Waals surface area contributed by atoms with Crippen LogP contribution in [0.5, 0.6) is 5.75 Å². The van der Waals surface area contributed by atoms with Crippen LogP contribution in [0, 0.1) is 6.92 Å². The van der Waals surface area contributed by atoms with E-state index in [9.17, 15) is 4.79 Å². The fourth-order valence-corrected chi connectivity index (χ4v) is 4.65. The molecule has 0 radical (unpaired) electrons. The number of amides is 1. The summed E-state index contributed by atoms with van der Waals surface area (Å²) in [6.07, 6.45) is 0. The van der Waals surface area contributed by atoms with Gasteiger partial charge in [-0.05, 0) is 60.0 Å². The van der Waals surface area contributed by atoms with Gasteiger partial charge in [0.05, 0.1) is 24.4 Å². The third-order valence-corrected chi connectivity index (χ3v) is 6.66. The number of hydrogen-bond donors (Lipinski definition) is 3. The summed E-state index contributed by atoms with van der Waals surface area (Å²) < 4.78 is 5.44. The van der Waals surface area contributed by atoms with Crippen LogP contribution in [0.15, 0.2) is 66.7 Å². The lowest BCUT2D eigenvalue weighted by molar-refractivity contribution is 0.0921. The Morgan fingerprint density at radius 3 is 2.69 bits per heavy atom. The highest BCUT2D eigenvalue weighted by Gasteiger charge is 2.21. The number of rotatable bonds is 7. The van der Waals surface area contributed by atoms with E-state index in [1.165, 1.54) is 0 Å². The largest absolute Gasteiger partial charge is 0.497 e. The van der Waals surface area contributed by atoms with E-state index in [0.717, 1.165) is 71.8 Å². The molecule has 1 unspecified atom stereocenters. The number of nitrogens with zero attached hydrogens (tertiary/aromatic N) is 2. The van der Waals surface area contributed by atoms with Gasteiger partial charge >= 0.3 is 0 Å². The number of hydrogen-bond acceptors (Lipinski definition) is 5. The molecule has 5 rings (SSSR count). The Bertz CT molecular complexity index is 1330. The molecule has 0 saturated carbocycles. The molecule has 3 N–H and O–H groups in total. The van der Waals surface area contributed by atoms with Gasteiger partial charge in [-0.3, -0.25) is 14.8 Å². The molecule has 35 heavy (non-hydrogen) atoms. The Hall–Kier alpha value is -3.68. The second kappa shape index (κ2) is 10.3. The Morgan fingerprint density at radius 2 is 1.86 bits per heavy atom. The molecule has 0 bridgehead atoms. The fraction of sp³-hybridized carbons (Fsp3) is 0.286. The molecule has 1 amide bonds. The number of benzene rings is 3. The van der Waals surface area contributed by atoms with E-state index >= 15 is 0 Å². The maximum atomic E-state index is 13.4. The van der Waals surface area contributed by atoms with Crippen molar-refractivity contribution in [1.29, 1.82) is 0 Å². The van der Waals surface area contributed by atoms with Crippen molar-refractivity contribution in [3.63, 3.8) is 0 Å². The van der Waals surface area contributed by atoms with E-state index in [-0.39, 0.29) is 11.9 Å². The lowest BCUT2D eigenvalue weighted by Crippen LogP contribution is -2.47. The molecule has 7 heteroatoms. The van der Waals surface area contributed by atoms with Gasteiger partial charge in [0.15, 0.2) is 0 Å². The molecule has 1 fully saturated rings. The van der Waals surface area contributed by atoms with Crippen LogP contribution in [-0.4, -0.2) is 60.8 Å². The molecule has 0 spiro atoms. The van der Waals surface area contributed by atoms with Crippen LogP contribution in [0.3, 0.4) is 0 Å². The Balaban J connectivity index is 1.40. The van der Waals surface area contributed by atoms with Crippen LogP contribution in [0.4, 0.5) is 0 Å². The second-order valence-electron chi connectivity index (χ2n) is 9.00. The van der Waals surface area contributed by atoms with Gasteiger partial charge in [-0.25, -0.2) is 0 Å². The van der Waals surface area contributed by atoms with Gasteiger partial charge in [0, 0.05) is 43.7 Å². The molecule has 1 aromatic heterocycles. The van der Waals surface area contributed by atoms with Crippen molar-refractivity contribution < 1.29 is 9.53 Å². The highest BCUT2D eigenvalue weighted by atomic mass is 16.5. The normalized spacial score (nSPS) is 15.1. The summed E-state index contributed by atoms with van der Waals surface area (Å²) in [6.45, 7) is 6.58.